The van der Waals surface area contributed by atoms with Gasteiger partial charge in [-0.25, -0.2) is 4.98 Å². The summed E-state index contributed by atoms with van der Waals surface area (Å²) in [6.07, 6.45) is 5.43. The first-order chi connectivity index (χ1) is 8.83. The largest absolute Gasteiger partial charge is 0.353 e. The second-order valence-electron chi connectivity index (χ2n) is 4.03. The molecule has 0 aliphatic heterocycles. The molecular formula is C14H16ClN3. The van der Waals surface area contributed by atoms with Crippen LogP contribution < -0.4 is 4.90 Å². The van der Waals surface area contributed by atoms with E-state index < -0.39 is 0 Å². The van der Waals surface area contributed by atoms with E-state index in [-0.39, 0.29) is 0 Å². The van der Waals surface area contributed by atoms with E-state index in [4.69, 9.17) is 11.6 Å². The van der Waals surface area contributed by atoms with E-state index in [0.29, 0.717) is 5.88 Å². The van der Waals surface area contributed by atoms with Crippen molar-refractivity contribution in [1.29, 1.82) is 0 Å². The van der Waals surface area contributed by atoms with Gasteiger partial charge in [0.25, 0.3) is 0 Å². The number of anilines is 1. The maximum atomic E-state index is 5.85. The van der Waals surface area contributed by atoms with E-state index in [9.17, 15) is 0 Å². The van der Waals surface area contributed by atoms with Gasteiger partial charge in [-0.15, -0.1) is 11.6 Å². The fourth-order valence-corrected chi connectivity index (χ4v) is 1.95. The highest BCUT2D eigenvalue weighted by atomic mass is 35.5. The van der Waals surface area contributed by atoms with Crippen LogP contribution >= 0.6 is 11.6 Å². The lowest BCUT2D eigenvalue weighted by Crippen LogP contribution is -2.23. The van der Waals surface area contributed by atoms with Crippen LogP contribution in [0.2, 0.25) is 0 Å². The van der Waals surface area contributed by atoms with Crippen molar-refractivity contribution in [1.82, 2.24) is 9.97 Å². The summed E-state index contributed by atoms with van der Waals surface area (Å²) < 4.78 is 0. The molecule has 2 rings (SSSR count). The van der Waals surface area contributed by atoms with Crippen molar-refractivity contribution < 1.29 is 0 Å². The number of rotatable bonds is 5. The van der Waals surface area contributed by atoms with Gasteiger partial charge in [-0.3, -0.25) is 4.98 Å². The molecule has 0 unspecified atom stereocenters. The quantitative estimate of drug-likeness (QED) is 0.774. The molecule has 0 spiro atoms. The molecule has 94 valence electrons. The Hall–Kier alpha value is -1.61. The van der Waals surface area contributed by atoms with Crippen LogP contribution in [0.4, 0.5) is 5.82 Å². The summed E-state index contributed by atoms with van der Waals surface area (Å²) in [5.74, 6) is 1.48. The zero-order chi connectivity index (χ0) is 12.8. The van der Waals surface area contributed by atoms with Crippen LogP contribution in [-0.2, 0) is 12.4 Å². The Morgan fingerprint density at radius 3 is 2.50 bits per heavy atom. The molecule has 0 saturated carbocycles. The van der Waals surface area contributed by atoms with Crippen LogP contribution in [0.1, 0.15) is 18.1 Å². The Morgan fingerprint density at radius 2 is 1.83 bits per heavy atom. The smallest absolute Gasteiger partial charge is 0.129 e. The minimum atomic E-state index is 0.516. The minimum Gasteiger partial charge on any atom is -0.353 e. The molecule has 0 N–H and O–H groups in total. The zero-order valence-corrected chi connectivity index (χ0v) is 11.1. The molecule has 0 atom stereocenters. The van der Waals surface area contributed by atoms with Gasteiger partial charge in [0, 0.05) is 37.6 Å². The molecule has 0 saturated heterocycles. The van der Waals surface area contributed by atoms with Gasteiger partial charge >= 0.3 is 0 Å². The van der Waals surface area contributed by atoms with Crippen LogP contribution in [0.25, 0.3) is 0 Å². The molecule has 2 heterocycles. The number of hydrogen-bond acceptors (Lipinski definition) is 3. The van der Waals surface area contributed by atoms with Crippen molar-refractivity contribution >= 4 is 17.4 Å². The highest BCUT2D eigenvalue weighted by Crippen LogP contribution is 2.16. The molecule has 0 aromatic carbocycles. The molecule has 2 aromatic rings. The topological polar surface area (TPSA) is 29.0 Å². The molecule has 2 aromatic heterocycles. The molecule has 0 radical (unpaired) electrons. The third kappa shape index (κ3) is 3.20. The standard InChI is InChI=1S/C14H16ClN3/c1-2-18(11-12-3-6-16-7-4-12)14-9-13(10-15)5-8-17-14/h3-9H,2,10-11H2,1H3. The Kier molecular flexibility index (Phi) is 4.53. The molecule has 0 aliphatic carbocycles. The maximum Gasteiger partial charge on any atom is 0.129 e. The fraction of sp³-hybridized carbons (Fsp3) is 0.286. The Labute approximate surface area is 112 Å². The van der Waals surface area contributed by atoms with Gasteiger partial charge in [-0.2, -0.15) is 0 Å². The summed E-state index contributed by atoms with van der Waals surface area (Å²) in [5, 5.41) is 0. The monoisotopic (exact) mass is 261 g/mol. The molecule has 0 amide bonds. The van der Waals surface area contributed by atoms with Crippen molar-refractivity contribution in [2.45, 2.75) is 19.3 Å². The lowest BCUT2D eigenvalue weighted by Gasteiger charge is -2.22. The average molecular weight is 262 g/mol. The SMILES string of the molecule is CCN(Cc1ccncc1)c1cc(CCl)ccn1. The van der Waals surface area contributed by atoms with Gasteiger partial charge < -0.3 is 4.90 Å². The van der Waals surface area contributed by atoms with E-state index in [0.717, 1.165) is 24.5 Å². The van der Waals surface area contributed by atoms with E-state index >= 15 is 0 Å². The Balaban J connectivity index is 2.17. The first-order valence-electron chi connectivity index (χ1n) is 5.98. The minimum absolute atomic E-state index is 0.516. The second kappa shape index (κ2) is 6.36. The molecule has 0 bridgehead atoms. The lowest BCUT2D eigenvalue weighted by molar-refractivity contribution is 0.811. The normalized spacial score (nSPS) is 10.3. The number of pyridine rings is 2. The van der Waals surface area contributed by atoms with E-state index in [1.165, 1.54) is 5.56 Å². The molecule has 4 heteroatoms. The summed E-state index contributed by atoms with van der Waals surface area (Å²) in [4.78, 5) is 10.6. The van der Waals surface area contributed by atoms with E-state index in [2.05, 4.69) is 21.8 Å². The van der Waals surface area contributed by atoms with E-state index in [1.807, 2.05) is 42.9 Å². The highest BCUT2D eigenvalue weighted by molar-refractivity contribution is 6.17. The van der Waals surface area contributed by atoms with Crippen LogP contribution in [0.5, 0.6) is 0 Å². The van der Waals surface area contributed by atoms with Gasteiger partial charge in [0.2, 0.25) is 0 Å². The summed E-state index contributed by atoms with van der Waals surface area (Å²) in [7, 11) is 0. The van der Waals surface area contributed by atoms with Crippen LogP contribution in [0.3, 0.4) is 0 Å². The predicted molar refractivity (Wildman–Crippen MR) is 74.8 cm³/mol. The summed E-state index contributed by atoms with van der Waals surface area (Å²) in [6, 6.07) is 8.02. The molecular weight excluding hydrogens is 246 g/mol. The molecule has 18 heavy (non-hydrogen) atoms. The van der Waals surface area contributed by atoms with Gasteiger partial charge in [0.05, 0.1) is 0 Å². The van der Waals surface area contributed by atoms with Gasteiger partial charge in [-0.05, 0) is 42.3 Å². The highest BCUT2D eigenvalue weighted by Gasteiger charge is 2.07. The summed E-state index contributed by atoms with van der Waals surface area (Å²) >= 11 is 5.85. The average Bonchev–Trinajstić information content (AvgIpc) is 2.46. The van der Waals surface area contributed by atoms with E-state index in [1.54, 1.807) is 0 Å². The van der Waals surface area contributed by atoms with Crippen molar-refractivity contribution in [3.8, 4) is 0 Å². The first kappa shape index (κ1) is 12.8. The fourth-order valence-electron chi connectivity index (χ4n) is 1.78. The second-order valence-corrected chi connectivity index (χ2v) is 4.29. The molecule has 3 nitrogen and oxygen atoms in total. The number of alkyl halides is 1. The van der Waals surface area contributed by atoms with Crippen molar-refractivity contribution in [2.75, 3.05) is 11.4 Å². The van der Waals surface area contributed by atoms with Gasteiger partial charge in [0.15, 0.2) is 0 Å². The van der Waals surface area contributed by atoms with Crippen molar-refractivity contribution in [3.05, 3.63) is 54.0 Å². The summed E-state index contributed by atoms with van der Waals surface area (Å²) in [5.41, 5.74) is 2.32. The molecule has 0 fully saturated rings. The zero-order valence-electron chi connectivity index (χ0n) is 10.4. The molecule has 0 aliphatic rings. The van der Waals surface area contributed by atoms with Crippen molar-refractivity contribution in [2.24, 2.45) is 0 Å². The third-order valence-corrected chi connectivity index (χ3v) is 3.10. The van der Waals surface area contributed by atoms with Crippen LogP contribution in [0, 0.1) is 0 Å². The Bertz CT molecular complexity index is 487. The summed E-state index contributed by atoms with van der Waals surface area (Å²) in [6.45, 7) is 3.86. The maximum absolute atomic E-state index is 5.85. The number of aromatic nitrogens is 2. The van der Waals surface area contributed by atoms with Crippen LogP contribution in [0.15, 0.2) is 42.9 Å². The van der Waals surface area contributed by atoms with Gasteiger partial charge in [0.1, 0.15) is 5.82 Å². The first-order valence-corrected chi connectivity index (χ1v) is 6.51. The number of halogens is 1. The number of nitrogens with zero attached hydrogens (tertiary/aromatic N) is 3. The number of hydrogen-bond donors (Lipinski definition) is 0. The van der Waals surface area contributed by atoms with Gasteiger partial charge in [-0.1, -0.05) is 0 Å². The van der Waals surface area contributed by atoms with Crippen molar-refractivity contribution in [3.63, 3.8) is 0 Å². The van der Waals surface area contributed by atoms with Crippen LogP contribution in [-0.4, -0.2) is 16.5 Å². The predicted octanol–water partition coefficient (Wildman–Crippen LogP) is 3.24. The third-order valence-electron chi connectivity index (χ3n) is 2.79. The Morgan fingerprint density at radius 1 is 1.11 bits per heavy atom. The lowest BCUT2D eigenvalue weighted by atomic mass is 10.2.